The van der Waals surface area contributed by atoms with Crippen LogP contribution in [-0.4, -0.2) is 38.9 Å². The van der Waals surface area contributed by atoms with Crippen molar-refractivity contribution in [2.45, 2.75) is 45.6 Å². The van der Waals surface area contributed by atoms with E-state index in [4.69, 9.17) is 4.74 Å². The van der Waals surface area contributed by atoms with Crippen LogP contribution in [0.1, 0.15) is 42.5 Å². The summed E-state index contributed by atoms with van der Waals surface area (Å²) in [4.78, 5) is 27.6. The number of aromatic nitrogens is 3. The minimum atomic E-state index is -4.88. The molecule has 2 rings (SSSR count). The van der Waals surface area contributed by atoms with Crippen LogP contribution in [0.4, 0.5) is 22.4 Å². The highest BCUT2D eigenvalue weighted by molar-refractivity contribution is 5.95. The Morgan fingerprint density at radius 3 is 2.50 bits per heavy atom. The average molecular weight is 431 g/mol. The number of halogens is 4. The molecule has 12 heteroatoms. The van der Waals surface area contributed by atoms with Crippen molar-refractivity contribution in [1.82, 2.24) is 25.4 Å². The van der Waals surface area contributed by atoms with E-state index < -0.39 is 47.4 Å². The van der Waals surface area contributed by atoms with Crippen LogP contribution < -0.4 is 10.6 Å². The maximum Gasteiger partial charge on any atom is 0.435 e. The van der Waals surface area contributed by atoms with Gasteiger partial charge in [-0.1, -0.05) is 0 Å². The van der Waals surface area contributed by atoms with Gasteiger partial charge in [0, 0.05) is 18.9 Å². The quantitative estimate of drug-likeness (QED) is 0.686. The summed E-state index contributed by atoms with van der Waals surface area (Å²) in [7, 11) is 0. The zero-order chi connectivity index (χ0) is 22.5. The Morgan fingerprint density at radius 2 is 1.90 bits per heavy atom. The Balaban J connectivity index is 2.06. The number of rotatable bonds is 6. The van der Waals surface area contributed by atoms with Crippen molar-refractivity contribution in [2.75, 3.05) is 6.54 Å². The lowest BCUT2D eigenvalue weighted by atomic mass is 10.2. The summed E-state index contributed by atoms with van der Waals surface area (Å²) >= 11 is 0. The largest absolute Gasteiger partial charge is 0.444 e. The summed E-state index contributed by atoms with van der Waals surface area (Å²) in [5.74, 6) is -1.78. The standard InChI is InChI=1S/C18H21F4N5O3/c1-17(2,3)30-16(29)24-7-8-27-10-11(14(26-27)18(20,21)22)15(28)25-9-13-12(19)5-4-6-23-13/h4-6,10H,7-9H2,1-3H3,(H,24,29)(H,25,28). The van der Waals surface area contributed by atoms with Gasteiger partial charge in [-0.25, -0.2) is 9.18 Å². The van der Waals surface area contributed by atoms with Crippen LogP contribution in [0.15, 0.2) is 24.5 Å². The number of alkyl halides is 3. The number of amides is 2. The van der Waals surface area contributed by atoms with Gasteiger partial charge in [0.05, 0.1) is 24.3 Å². The molecule has 2 heterocycles. The van der Waals surface area contributed by atoms with E-state index in [1.54, 1.807) is 20.8 Å². The van der Waals surface area contributed by atoms with E-state index in [9.17, 15) is 27.2 Å². The summed E-state index contributed by atoms with van der Waals surface area (Å²) in [5.41, 5.74) is -2.96. The van der Waals surface area contributed by atoms with Gasteiger partial charge in [-0.2, -0.15) is 18.3 Å². The molecule has 0 aromatic carbocycles. The maximum atomic E-state index is 13.6. The zero-order valence-corrected chi connectivity index (χ0v) is 16.5. The molecule has 0 unspecified atom stereocenters. The Morgan fingerprint density at radius 1 is 1.20 bits per heavy atom. The predicted octanol–water partition coefficient (Wildman–Crippen LogP) is 2.89. The minimum absolute atomic E-state index is 0.0753. The molecule has 164 valence electrons. The summed E-state index contributed by atoms with van der Waals surface area (Å²) in [6.07, 6.45) is -3.42. The number of carbonyl (C=O) groups excluding carboxylic acids is 2. The van der Waals surface area contributed by atoms with Crippen LogP contribution in [0.2, 0.25) is 0 Å². The molecule has 2 aromatic heterocycles. The predicted molar refractivity (Wildman–Crippen MR) is 96.8 cm³/mol. The highest BCUT2D eigenvalue weighted by Crippen LogP contribution is 2.30. The van der Waals surface area contributed by atoms with E-state index in [2.05, 4.69) is 20.7 Å². The molecular formula is C18H21F4N5O3. The van der Waals surface area contributed by atoms with Crippen molar-refractivity contribution in [3.8, 4) is 0 Å². The highest BCUT2D eigenvalue weighted by Gasteiger charge is 2.39. The second kappa shape index (κ2) is 9.09. The van der Waals surface area contributed by atoms with Crippen molar-refractivity contribution in [1.29, 1.82) is 0 Å². The van der Waals surface area contributed by atoms with Gasteiger partial charge in [0.15, 0.2) is 5.69 Å². The molecule has 0 saturated heterocycles. The third-order valence-corrected chi connectivity index (χ3v) is 3.54. The number of nitrogens with one attached hydrogen (secondary N) is 2. The van der Waals surface area contributed by atoms with Crippen molar-refractivity contribution in [3.05, 3.63) is 47.3 Å². The Kier molecular flexibility index (Phi) is 7.00. The van der Waals surface area contributed by atoms with E-state index in [0.717, 1.165) is 16.9 Å². The topological polar surface area (TPSA) is 98.1 Å². The number of nitrogens with zero attached hydrogens (tertiary/aromatic N) is 3. The number of pyridine rings is 1. The third kappa shape index (κ3) is 6.71. The van der Waals surface area contributed by atoms with Gasteiger partial charge < -0.3 is 15.4 Å². The Hall–Kier alpha value is -3.18. The normalized spacial score (nSPS) is 11.8. The minimum Gasteiger partial charge on any atom is -0.444 e. The van der Waals surface area contributed by atoms with Crippen LogP contribution in [0, 0.1) is 5.82 Å². The molecule has 2 aromatic rings. The lowest BCUT2D eigenvalue weighted by Crippen LogP contribution is -2.34. The first-order valence-corrected chi connectivity index (χ1v) is 8.86. The first-order valence-electron chi connectivity index (χ1n) is 8.86. The van der Waals surface area contributed by atoms with Crippen LogP contribution in [0.3, 0.4) is 0 Å². The van der Waals surface area contributed by atoms with E-state index in [-0.39, 0.29) is 18.8 Å². The molecule has 0 aliphatic rings. The van der Waals surface area contributed by atoms with E-state index in [1.165, 1.54) is 12.3 Å². The fraction of sp³-hybridized carbons (Fsp3) is 0.444. The average Bonchev–Trinajstić information content (AvgIpc) is 3.04. The summed E-state index contributed by atoms with van der Waals surface area (Å²) in [6, 6.07) is 2.46. The molecule has 2 amide bonds. The van der Waals surface area contributed by atoms with Crippen LogP contribution >= 0.6 is 0 Å². The number of ether oxygens (including phenoxy) is 1. The molecule has 0 bridgehead atoms. The van der Waals surface area contributed by atoms with Crippen molar-refractivity contribution < 1.29 is 31.9 Å². The number of carbonyl (C=O) groups is 2. The van der Waals surface area contributed by atoms with Crippen LogP contribution in [0.5, 0.6) is 0 Å². The Bertz CT molecular complexity index is 906. The van der Waals surface area contributed by atoms with E-state index >= 15 is 0 Å². The number of hydrogen-bond acceptors (Lipinski definition) is 5. The lowest BCUT2D eigenvalue weighted by Gasteiger charge is -2.19. The molecule has 0 aliphatic carbocycles. The second-order valence-electron chi connectivity index (χ2n) is 7.20. The van der Waals surface area contributed by atoms with Crippen molar-refractivity contribution in [2.24, 2.45) is 0 Å². The monoisotopic (exact) mass is 431 g/mol. The van der Waals surface area contributed by atoms with E-state index in [0.29, 0.717) is 0 Å². The van der Waals surface area contributed by atoms with Gasteiger partial charge in [-0.3, -0.25) is 14.5 Å². The maximum absolute atomic E-state index is 13.6. The molecule has 30 heavy (non-hydrogen) atoms. The van der Waals surface area contributed by atoms with E-state index in [1.807, 2.05) is 0 Å². The molecule has 0 atom stereocenters. The smallest absolute Gasteiger partial charge is 0.435 e. The third-order valence-electron chi connectivity index (χ3n) is 3.54. The summed E-state index contributed by atoms with van der Waals surface area (Å²) in [6.45, 7) is 4.39. The fourth-order valence-electron chi connectivity index (χ4n) is 2.31. The van der Waals surface area contributed by atoms with Crippen molar-refractivity contribution in [3.63, 3.8) is 0 Å². The lowest BCUT2D eigenvalue weighted by molar-refractivity contribution is -0.141. The first kappa shape index (κ1) is 23.1. The Labute approximate surface area is 169 Å². The SMILES string of the molecule is CC(C)(C)OC(=O)NCCn1cc(C(=O)NCc2ncccc2F)c(C(F)(F)F)n1. The van der Waals surface area contributed by atoms with Crippen molar-refractivity contribution >= 4 is 12.0 Å². The molecule has 0 radical (unpaired) electrons. The van der Waals surface area contributed by atoms with Crippen LogP contribution in [0.25, 0.3) is 0 Å². The molecule has 0 aliphatic heterocycles. The van der Waals surface area contributed by atoms with Crippen LogP contribution in [-0.2, 0) is 24.0 Å². The molecule has 2 N–H and O–H groups in total. The van der Waals surface area contributed by atoms with Gasteiger partial charge in [0.1, 0.15) is 11.4 Å². The van der Waals surface area contributed by atoms with Gasteiger partial charge >= 0.3 is 12.3 Å². The van der Waals surface area contributed by atoms with Gasteiger partial charge in [-0.05, 0) is 32.9 Å². The number of alkyl carbamates (subject to hydrolysis) is 1. The molecule has 0 saturated carbocycles. The summed E-state index contributed by atoms with van der Waals surface area (Å²) < 4.78 is 59.3. The van der Waals surface area contributed by atoms with Gasteiger partial charge in [0.2, 0.25) is 0 Å². The number of hydrogen-bond donors (Lipinski definition) is 2. The van der Waals surface area contributed by atoms with Gasteiger partial charge in [0.25, 0.3) is 5.91 Å². The van der Waals surface area contributed by atoms with Gasteiger partial charge in [-0.15, -0.1) is 0 Å². The molecular weight excluding hydrogens is 410 g/mol. The fourth-order valence-corrected chi connectivity index (χ4v) is 2.31. The molecule has 0 fully saturated rings. The zero-order valence-electron chi connectivity index (χ0n) is 16.5. The summed E-state index contributed by atoms with van der Waals surface area (Å²) in [5, 5.41) is 7.98. The molecule has 0 spiro atoms. The molecule has 8 nitrogen and oxygen atoms in total. The first-order chi connectivity index (χ1) is 13.9. The highest BCUT2D eigenvalue weighted by atomic mass is 19.4. The second-order valence-corrected chi connectivity index (χ2v) is 7.20.